The maximum Gasteiger partial charge on any atom is 0.276 e. The molecule has 0 spiro atoms. The van der Waals surface area contributed by atoms with Gasteiger partial charge < -0.3 is 0 Å². The van der Waals surface area contributed by atoms with Crippen LogP contribution in [-0.4, -0.2) is 15.6 Å². The van der Waals surface area contributed by atoms with Crippen LogP contribution in [0, 0.1) is 26.1 Å². The fraction of sp³-hybridized carbons (Fsp3) is 0.160. The topological polar surface area (TPSA) is 103 Å². The van der Waals surface area contributed by atoms with E-state index in [1.807, 2.05) is 6.92 Å². The van der Waals surface area contributed by atoms with Crippen LogP contribution in [0.4, 0.5) is 11.4 Å². The Kier molecular flexibility index (Phi) is 7.23. The lowest BCUT2D eigenvalue weighted by molar-refractivity contribution is -0.385. The lowest BCUT2D eigenvalue weighted by Crippen LogP contribution is -2.18. The highest BCUT2D eigenvalue weighted by atomic mass is 16.6. The first-order chi connectivity index (χ1) is 15.4. The molecular formula is C25H22N2O5. The van der Waals surface area contributed by atoms with Gasteiger partial charge in [-0.3, -0.25) is 25.0 Å². The third kappa shape index (κ3) is 5.51. The number of allylic oxidation sites excluding steroid dienone is 6. The molecule has 0 saturated heterocycles. The third-order valence-corrected chi connectivity index (χ3v) is 5.13. The zero-order valence-corrected chi connectivity index (χ0v) is 17.5. The SMILES string of the molecule is CC1CC(=CC=Cc2ccccc2[N+](=O)[O-])C(=O)C(=CC=Cc2ccccc2[N+](=O)[O-])C1. The molecule has 0 radical (unpaired) electrons. The zero-order chi connectivity index (χ0) is 23.1. The summed E-state index contributed by atoms with van der Waals surface area (Å²) in [6.07, 6.45) is 11.2. The number of hydrogen-bond donors (Lipinski definition) is 0. The minimum Gasteiger partial charge on any atom is -0.289 e. The van der Waals surface area contributed by atoms with E-state index in [9.17, 15) is 25.0 Å². The lowest BCUT2D eigenvalue weighted by Gasteiger charge is -2.21. The van der Waals surface area contributed by atoms with Crippen molar-refractivity contribution in [3.05, 3.63) is 115 Å². The Morgan fingerprint density at radius 2 is 1.19 bits per heavy atom. The number of benzene rings is 2. The van der Waals surface area contributed by atoms with Crippen molar-refractivity contribution in [3.8, 4) is 0 Å². The highest BCUT2D eigenvalue weighted by Crippen LogP contribution is 2.30. The molecule has 7 heteroatoms. The van der Waals surface area contributed by atoms with Gasteiger partial charge in [0, 0.05) is 23.3 Å². The first kappa shape index (κ1) is 22.6. The highest BCUT2D eigenvalue weighted by molar-refractivity contribution is 6.09. The van der Waals surface area contributed by atoms with Crippen LogP contribution >= 0.6 is 0 Å². The van der Waals surface area contributed by atoms with E-state index in [1.165, 1.54) is 12.1 Å². The average Bonchev–Trinajstić information content (AvgIpc) is 2.77. The number of ketones is 1. The number of nitrogens with zero attached hydrogens (tertiary/aromatic N) is 2. The maximum absolute atomic E-state index is 12.9. The summed E-state index contributed by atoms with van der Waals surface area (Å²) in [6.45, 7) is 2.05. The minimum atomic E-state index is -0.440. The molecule has 1 aliphatic carbocycles. The van der Waals surface area contributed by atoms with Crippen molar-refractivity contribution in [2.24, 2.45) is 5.92 Å². The van der Waals surface area contributed by atoms with Crippen LogP contribution in [0.15, 0.2) is 84.0 Å². The molecule has 32 heavy (non-hydrogen) atoms. The summed E-state index contributed by atoms with van der Waals surface area (Å²) in [7, 11) is 0. The lowest BCUT2D eigenvalue weighted by atomic mass is 9.81. The number of rotatable bonds is 6. The van der Waals surface area contributed by atoms with Gasteiger partial charge in [0.2, 0.25) is 0 Å². The van der Waals surface area contributed by atoms with Crippen LogP contribution in [0.2, 0.25) is 0 Å². The van der Waals surface area contributed by atoms with Gasteiger partial charge in [-0.25, -0.2) is 0 Å². The summed E-state index contributed by atoms with van der Waals surface area (Å²) in [6, 6.07) is 12.8. The third-order valence-electron chi connectivity index (χ3n) is 5.13. The van der Waals surface area contributed by atoms with Crippen molar-refractivity contribution in [1.29, 1.82) is 0 Å². The number of nitro groups is 2. The number of hydrogen-bond acceptors (Lipinski definition) is 5. The summed E-state index contributed by atoms with van der Waals surface area (Å²) in [5.41, 5.74) is 2.20. The van der Waals surface area contributed by atoms with Crippen molar-refractivity contribution < 1.29 is 14.6 Å². The van der Waals surface area contributed by atoms with Gasteiger partial charge in [0.25, 0.3) is 11.4 Å². The first-order valence-corrected chi connectivity index (χ1v) is 10.1. The quantitative estimate of drug-likeness (QED) is 0.314. The van der Waals surface area contributed by atoms with E-state index >= 15 is 0 Å². The Labute approximate surface area is 185 Å². The van der Waals surface area contributed by atoms with Crippen molar-refractivity contribution in [3.63, 3.8) is 0 Å². The number of nitro benzene ring substituents is 2. The largest absolute Gasteiger partial charge is 0.289 e. The Hall–Kier alpha value is -4.13. The Balaban J connectivity index is 1.80. The van der Waals surface area contributed by atoms with Gasteiger partial charge in [0.15, 0.2) is 5.78 Å². The van der Waals surface area contributed by atoms with Gasteiger partial charge in [-0.05, 0) is 43.0 Å². The zero-order valence-electron chi connectivity index (χ0n) is 17.5. The molecule has 0 atom stereocenters. The van der Waals surface area contributed by atoms with Gasteiger partial charge in [-0.15, -0.1) is 0 Å². The van der Waals surface area contributed by atoms with Gasteiger partial charge in [0.05, 0.1) is 21.0 Å². The second-order valence-electron chi connectivity index (χ2n) is 7.58. The summed E-state index contributed by atoms with van der Waals surface area (Å²) in [4.78, 5) is 34.3. The number of carbonyl (C=O) groups excluding carboxylic acids is 1. The molecule has 1 fully saturated rings. The molecule has 0 heterocycles. The molecule has 0 amide bonds. The first-order valence-electron chi connectivity index (χ1n) is 10.1. The Morgan fingerprint density at radius 1 is 0.781 bits per heavy atom. The van der Waals surface area contributed by atoms with E-state index in [-0.39, 0.29) is 23.1 Å². The van der Waals surface area contributed by atoms with Gasteiger partial charge in [0.1, 0.15) is 0 Å². The van der Waals surface area contributed by atoms with Crippen LogP contribution in [0.1, 0.15) is 30.9 Å². The summed E-state index contributed by atoms with van der Waals surface area (Å²) in [5, 5.41) is 22.3. The molecule has 0 aromatic heterocycles. The van der Waals surface area contributed by atoms with E-state index < -0.39 is 9.85 Å². The van der Waals surface area contributed by atoms with Gasteiger partial charge in [-0.2, -0.15) is 0 Å². The van der Waals surface area contributed by atoms with Crippen LogP contribution in [0.5, 0.6) is 0 Å². The molecule has 0 N–H and O–H groups in total. The molecule has 1 aliphatic rings. The van der Waals surface area contributed by atoms with Crippen LogP contribution in [0.3, 0.4) is 0 Å². The maximum atomic E-state index is 12.9. The predicted octanol–water partition coefficient (Wildman–Crippen LogP) is 6.08. The molecular weight excluding hydrogens is 408 g/mol. The monoisotopic (exact) mass is 430 g/mol. The van der Waals surface area contributed by atoms with Crippen LogP contribution in [-0.2, 0) is 4.79 Å². The van der Waals surface area contributed by atoms with Crippen LogP contribution in [0.25, 0.3) is 12.2 Å². The molecule has 0 unspecified atom stereocenters. The van der Waals surface area contributed by atoms with Crippen molar-refractivity contribution in [2.45, 2.75) is 19.8 Å². The number of carbonyl (C=O) groups is 1. The second kappa shape index (κ2) is 10.3. The average molecular weight is 430 g/mol. The normalized spacial score (nSPS) is 19.3. The minimum absolute atomic E-state index is 0.00576. The molecule has 1 saturated carbocycles. The standard InChI is InChI=1S/C25H22N2O5/c1-18-16-21(12-6-10-19-8-2-4-14-23(19)26(29)30)25(28)22(17-18)13-7-11-20-9-3-5-15-24(20)27(31)32/h2-15,18H,16-17H2,1H3. The fourth-order valence-electron chi connectivity index (χ4n) is 3.63. The Morgan fingerprint density at radius 3 is 1.59 bits per heavy atom. The van der Waals surface area contributed by atoms with Gasteiger partial charge in [-0.1, -0.05) is 55.5 Å². The fourth-order valence-corrected chi connectivity index (χ4v) is 3.63. The molecule has 2 aromatic carbocycles. The van der Waals surface area contributed by atoms with Crippen molar-refractivity contribution >= 4 is 29.3 Å². The number of para-hydroxylation sites is 2. The van der Waals surface area contributed by atoms with E-state index in [0.29, 0.717) is 35.1 Å². The Bertz CT molecular complexity index is 1080. The number of Topliss-reactive ketones (excluding diaryl/α,β-unsaturated/α-hetero) is 1. The summed E-state index contributed by atoms with van der Waals surface area (Å²) < 4.78 is 0. The van der Waals surface area contributed by atoms with E-state index in [0.717, 1.165) is 0 Å². The van der Waals surface area contributed by atoms with Crippen LogP contribution < -0.4 is 0 Å². The molecule has 0 bridgehead atoms. The van der Waals surface area contributed by atoms with Gasteiger partial charge >= 0.3 is 0 Å². The van der Waals surface area contributed by atoms with E-state index in [2.05, 4.69) is 0 Å². The van der Waals surface area contributed by atoms with Crippen molar-refractivity contribution in [1.82, 2.24) is 0 Å². The van der Waals surface area contributed by atoms with E-state index in [1.54, 1.807) is 72.9 Å². The molecule has 162 valence electrons. The van der Waals surface area contributed by atoms with Crippen molar-refractivity contribution in [2.75, 3.05) is 0 Å². The highest BCUT2D eigenvalue weighted by Gasteiger charge is 2.24. The molecule has 0 aliphatic heterocycles. The molecule has 7 nitrogen and oxygen atoms in total. The molecule has 2 aromatic rings. The predicted molar refractivity (Wildman–Crippen MR) is 124 cm³/mol. The summed E-state index contributed by atoms with van der Waals surface area (Å²) in [5.74, 6) is 0.173. The van der Waals surface area contributed by atoms with E-state index in [4.69, 9.17) is 0 Å². The molecule has 3 rings (SSSR count). The second-order valence-corrected chi connectivity index (χ2v) is 7.58. The summed E-state index contributed by atoms with van der Waals surface area (Å²) >= 11 is 0. The smallest absolute Gasteiger partial charge is 0.276 e.